The van der Waals surface area contributed by atoms with E-state index in [1.54, 1.807) is 4.90 Å². The summed E-state index contributed by atoms with van der Waals surface area (Å²) >= 11 is 0. The lowest BCUT2D eigenvalue weighted by Gasteiger charge is -2.25. The first kappa shape index (κ1) is 18.4. The van der Waals surface area contributed by atoms with E-state index in [4.69, 9.17) is 9.47 Å². The van der Waals surface area contributed by atoms with Crippen molar-refractivity contribution in [2.75, 3.05) is 26.3 Å². The zero-order chi connectivity index (χ0) is 18.9. The Morgan fingerprint density at radius 2 is 2.00 bits per heavy atom. The predicted molar refractivity (Wildman–Crippen MR) is 98.4 cm³/mol. The molecule has 2 saturated heterocycles. The Kier molecular flexibility index (Phi) is 5.19. The Morgan fingerprint density at radius 1 is 1.22 bits per heavy atom. The molecule has 1 aromatic carbocycles. The molecule has 2 atom stereocenters. The minimum atomic E-state index is -0.753. The van der Waals surface area contributed by atoms with Gasteiger partial charge < -0.3 is 19.5 Å². The maximum atomic E-state index is 13.2. The van der Waals surface area contributed by atoms with Crippen molar-refractivity contribution in [3.63, 3.8) is 0 Å². The van der Waals surface area contributed by atoms with Crippen LogP contribution in [0.3, 0.4) is 0 Å². The van der Waals surface area contributed by atoms with Crippen LogP contribution in [0.2, 0.25) is 0 Å². The summed E-state index contributed by atoms with van der Waals surface area (Å²) in [6.07, 6.45) is 4.43. The van der Waals surface area contributed by atoms with E-state index < -0.39 is 11.4 Å². The number of hydrogen-bond acceptors (Lipinski definition) is 4. The fourth-order valence-electron chi connectivity index (χ4n) is 4.87. The first-order valence-electron chi connectivity index (χ1n) is 9.90. The van der Waals surface area contributed by atoms with Gasteiger partial charge >= 0.3 is 5.97 Å². The van der Waals surface area contributed by atoms with E-state index in [-0.39, 0.29) is 17.9 Å². The number of amides is 1. The number of hydrogen-bond donors (Lipinski definition) is 1. The first-order valence-corrected chi connectivity index (χ1v) is 9.90. The van der Waals surface area contributed by atoms with Gasteiger partial charge in [-0.05, 0) is 43.2 Å². The van der Waals surface area contributed by atoms with Gasteiger partial charge in [-0.1, -0.05) is 24.6 Å². The third-order valence-corrected chi connectivity index (χ3v) is 6.47. The second kappa shape index (κ2) is 7.60. The molecule has 1 aromatic rings. The third kappa shape index (κ3) is 3.48. The molecule has 6 nitrogen and oxygen atoms in total. The van der Waals surface area contributed by atoms with Gasteiger partial charge in [0.15, 0.2) is 0 Å². The largest absolute Gasteiger partial charge is 0.481 e. The molecule has 6 heteroatoms. The van der Waals surface area contributed by atoms with Crippen LogP contribution in [-0.4, -0.2) is 54.3 Å². The van der Waals surface area contributed by atoms with Crippen molar-refractivity contribution in [3.05, 3.63) is 35.4 Å². The minimum absolute atomic E-state index is 0.0730. The molecule has 3 fully saturated rings. The van der Waals surface area contributed by atoms with Crippen LogP contribution < -0.4 is 0 Å². The van der Waals surface area contributed by atoms with Crippen LogP contribution in [0.4, 0.5) is 0 Å². The summed E-state index contributed by atoms with van der Waals surface area (Å²) in [7, 11) is 0. The van der Waals surface area contributed by atoms with Crippen molar-refractivity contribution in [2.24, 2.45) is 11.3 Å². The Bertz CT molecular complexity index is 714. The Hall–Kier alpha value is -1.92. The van der Waals surface area contributed by atoms with E-state index in [9.17, 15) is 14.7 Å². The van der Waals surface area contributed by atoms with Crippen molar-refractivity contribution in [3.8, 4) is 0 Å². The van der Waals surface area contributed by atoms with Crippen molar-refractivity contribution >= 4 is 11.9 Å². The molecular weight excluding hydrogens is 346 g/mol. The summed E-state index contributed by atoms with van der Waals surface area (Å²) < 4.78 is 11.4. The van der Waals surface area contributed by atoms with Crippen LogP contribution in [0.1, 0.15) is 48.0 Å². The average Bonchev–Trinajstić information content (AvgIpc) is 3.25. The van der Waals surface area contributed by atoms with Gasteiger partial charge in [-0.25, -0.2) is 0 Å². The molecule has 2 heterocycles. The number of carboxylic acids is 1. The molecule has 2 aliphatic heterocycles. The molecule has 0 unspecified atom stereocenters. The Balaban J connectivity index is 1.47. The number of carbonyl (C=O) groups excluding carboxylic acids is 1. The second-order valence-electron chi connectivity index (χ2n) is 8.02. The molecule has 0 spiro atoms. The monoisotopic (exact) mass is 373 g/mol. The molecule has 1 amide bonds. The fraction of sp³-hybridized carbons (Fsp3) is 0.619. The highest BCUT2D eigenvalue weighted by Crippen LogP contribution is 2.49. The van der Waals surface area contributed by atoms with Crippen molar-refractivity contribution in [1.29, 1.82) is 0 Å². The highest BCUT2D eigenvalue weighted by molar-refractivity contribution is 5.96. The molecule has 146 valence electrons. The SMILES string of the molecule is O=C(c1ccccc1COC1CCOCC1)N1C[C@@H]2CCC[C@@]2(C(=O)O)C1. The van der Waals surface area contributed by atoms with E-state index in [1.165, 1.54) is 0 Å². The van der Waals surface area contributed by atoms with E-state index >= 15 is 0 Å². The fourth-order valence-corrected chi connectivity index (χ4v) is 4.87. The highest BCUT2D eigenvalue weighted by Gasteiger charge is 2.55. The highest BCUT2D eigenvalue weighted by atomic mass is 16.5. The lowest BCUT2D eigenvalue weighted by atomic mass is 9.81. The van der Waals surface area contributed by atoms with Gasteiger partial charge in [-0.15, -0.1) is 0 Å². The zero-order valence-corrected chi connectivity index (χ0v) is 15.6. The topological polar surface area (TPSA) is 76.1 Å². The number of rotatable bonds is 5. The van der Waals surface area contributed by atoms with Gasteiger partial charge in [0.25, 0.3) is 5.91 Å². The second-order valence-corrected chi connectivity index (χ2v) is 8.02. The summed E-state index contributed by atoms with van der Waals surface area (Å²) in [6, 6.07) is 7.52. The summed E-state index contributed by atoms with van der Waals surface area (Å²) in [5.74, 6) is -0.753. The van der Waals surface area contributed by atoms with Crippen LogP contribution in [0.5, 0.6) is 0 Å². The lowest BCUT2D eigenvalue weighted by Crippen LogP contribution is -2.37. The molecule has 1 aliphatic carbocycles. The Morgan fingerprint density at radius 3 is 2.74 bits per heavy atom. The molecule has 27 heavy (non-hydrogen) atoms. The van der Waals surface area contributed by atoms with Gasteiger partial charge in [-0.3, -0.25) is 9.59 Å². The van der Waals surface area contributed by atoms with Crippen LogP contribution >= 0.6 is 0 Å². The summed E-state index contributed by atoms with van der Waals surface area (Å²) in [5.41, 5.74) is 0.754. The standard InChI is InChI=1S/C21H27NO5/c23-19(22-12-16-5-3-9-21(16,14-22)20(24)25)18-6-2-1-4-15(18)13-27-17-7-10-26-11-8-17/h1-2,4,6,16-17H,3,5,7-14H2,(H,24,25)/t16-,21+/m0/s1. The molecule has 3 aliphatic rings. The summed E-state index contributed by atoms with van der Waals surface area (Å²) in [6.45, 7) is 2.70. The average molecular weight is 373 g/mol. The third-order valence-electron chi connectivity index (χ3n) is 6.47. The van der Waals surface area contributed by atoms with Crippen molar-refractivity contribution in [2.45, 2.75) is 44.8 Å². The maximum Gasteiger partial charge on any atom is 0.311 e. The molecule has 0 bridgehead atoms. The Labute approximate surface area is 159 Å². The van der Waals surface area contributed by atoms with E-state index in [0.29, 0.717) is 31.7 Å². The number of carbonyl (C=O) groups is 2. The van der Waals surface area contributed by atoms with Crippen molar-refractivity contribution < 1.29 is 24.2 Å². The normalized spacial score (nSPS) is 28.3. The minimum Gasteiger partial charge on any atom is -0.481 e. The summed E-state index contributed by atoms with van der Waals surface area (Å²) in [5, 5.41) is 9.76. The molecule has 0 aromatic heterocycles. The van der Waals surface area contributed by atoms with Crippen LogP contribution in [0.25, 0.3) is 0 Å². The lowest BCUT2D eigenvalue weighted by molar-refractivity contribution is -0.149. The zero-order valence-electron chi connectivity index (χ0n) is 15.6. The van der Waals surface area contributed by atoms with Gasteiger partial charge in [0.05, 0.1) is 18.1 Å². The molecule has 1 saturated carbocycles. The quantitative estimate of drug-likeness (QED) is 0.859. The van der Waals surface area contributed by atoms with Crippen LogP contribution in [-0.2, 0) is 20.9 Å². The number of benzene rings is 1. The van der Waals surface area contributed by atoms with E-state index in [2.05, 4.69) is 0 Å². The number of nitrogens with zero attached hydrogens (tertiary/aromatic N) is 1. The van der Waals surface area contributed by atoms with Crippen LogP contribution in [0, 0.1) is 11.3 Å². The number of likely N-dealkylation sites (tertiary alicyclic amines) is 1. The number of carboxylic acid groups (broad SMARTS) is 1. The number of aliphatic carboxylic acids is 1. The van der Waals surface area contributed by atoms with Gasteiger partial charge in [0, 0.05) is 31.9 Å². The van der Waals surface area contributed by atoms with Gasteiger partial charge in [-0.2, -0.15) is 0 Å². The number of ether oxygens (including phenoxy) is 2. The summed E-state index contributed by atoms with van der Waals surface area (Å²) in [4.78, 5) is 26.8. The van der Waals surface area contributed by atoms with Crippen LogP contribution in [0.15, 0.2) is 24.3 Å². The molecular formula is C21H27NO5. The van der Waals surface area contributed by atoms with E-state index in [0.717, 1.165) is 44.5 Å². The van der Waals surface area contributed by atoms with Gasteiger partial charge in [0.2, 0.25) is 0 Å². The van der Waals surface area contributed by atoms with E-state index in [1.807, 2.05) is 24.3 Å². The maximum absolute atomic E-state index is 13.2. The van der Waals surface area contributed by atoms with Gasteiger partial charge in [0.1, 0.15) is 0 Å². The smallest absolute Gasteiger partial charge is 0.311 e. The number of fused-ring (bicyclic) bond motifs is 1. The molecule has 0 radical (unpaired) electrons. The molecule has 4 rings (SSSR count). The van der Waals surface area contributed by atoms with Crippen molar-refractivity contribution in [1.82, 2.24) is 4.90 Å². The predicted octanol–water partition coefficient (Wildman–Crippen LogP) is 2.71. The first-order chi connectivity index (χ1) is 13.1. The molecule has 1 N–H and O–H groups in total.